The molecular formula is C14H19ClN2O. The van der Waals surface area contributed by atoms with Gasteiger partial charge in [0.05, 0.1) is 16.3 Å². The second-order valence-electron chi connectivity index (χ2n) is 5.67. The molecule has 3 nitrogen and oxygen atoms in total. The summed E-state index contributed by atoms with van der Waals surface area (Å²) in [6.07, 6.45) is 2.05. The number of nitrogen functional groups attached to an aromatic ring is 1. The molecule has 18 heavy (non-hydrogen) atoms. The number of hydrogen-bond donors (Lipinski definition) is 1. The quantitative estimate of drug-likeness (QED) is 0.794. The molecule has 4 heteroatoms. The van der Waals surface area contributed by atoms with Gasteiger partial charge in [0.15, 0.2) is 0 Å². The average molecular weight is 267 g/mol. The second-order valence-corrected chi connectivity index (χ2v) is 6.04. The van der Waals surface area contributed by atoms with Crippen LogP contribution in [0, 0.1) is 5.41 Å². The Morgan fingerprint density at radius 1 is 1.33 bits per heavy atom. The van der Waals surface area contributed by atoms with Crippen molar-refractivity contribution >= 4 is 23.2 Å². The van der Waals surface area contributed by atoms with Crippen molar-refractivity contribution in [3.05, 3.63) is 28.8 Å². The molecule has 0 bridgehead atoms. The number of anilines is 1. The highest BCUT2D eigenvalue weighted by Gasteiger charge is 2.29. The molecule has 1 fully saturated rings. The van der Waals surface area contributed by atoms with Crippen molar-refractivity contribution in [2.45, 2.75) is 26.7 Å². The van der Waals surface area contributed by atoms with E-state index < -0.39 is 0 Å². The molecule has 0 atom stereocenters. The lowest BCUT2D eigenvalue weighted by Crippen LogP contribution is -2.41. The van der Waals surface area contributed by atoms with Gasteiger partial charge in [-0.05, 0) is 30.4 Å². The number of piperidine rings is 1. The SMILES string of the molecule is CC1(C)CCN(C(=O)c2cccc(N)c2Cl)CC1. The molecule has 1 aliphatic rings. The Labute approximate surface area is 113 Å². The lowest BCUT2D eigenvalue weighted by atomic mass is 9.82. The van der Waals surface area contributed by atoms with Gasteiger partial charge < -0.3 is 10.6 Å². The van der Waals surface area contributed by atoms with Gasteiger partial charge in [-0.2, -0.15) is 0 Å². The summed E-state index contributed by atoms with van der Waals surface area (Å²) in [6.45, 7) is 6.05. The fraction of sp³-hybridized carbons (Fsp3) is 0.500. The minimum absolute atomic E-state index is 0.0113. The molecule has 2 rings (SSSR count). The number of hydrogen-bond acceptors (Lipinski definition) is 2. The first-order valence-corrected chi connectivity index (χ1v) is 6.62. The third kappa shape index (κ3) is 2.61. The van der Waals surface area contributed by atoms with E-state index in [1.165, 1.54) is 0 Å². The van der Waals surface area contributed by atoms with Crippen molar-refractivity contribution in [3.63, 3.8) is 0 Å². The van der Waals surface area contributed by atoms with Crippen molar-refractivity contribution in [2.75, 3.05) is 18.8 Å². The number of amides is 1. The van der Waals surface area contributed by atoms with E-state index in [-0.39, 0.29) is 5.91 Å². The van der Waals surface area contributed by atoms with Crippen molar-refractivity contribution in [2.24, 2.45) is 5.41 Å². The van der Waals surface area contributed by atoms with Gasteiger partial charge in [-0.15, -0.1) is 0 Å². The number of likely N-dealkylation sites (tertiary alicyclic amines) is 1. The average Bonchev–Trinajstić information content (AvgIpc) is 2.32. The molecule has 1 saturated heterocycles. The van der Waals surface area contributed by atoms with Crippen LogP contribution in [0.2, 0.25) is 5.02 Å². The van der Waals surface area contributed by atoms with Gasteiger partial charge >= 0.3 is 0 Å². The topological polar surface area (TPSA) is 46.3 Å². The Balaban J connectivity index is 2.15. The van der Waals surface area contributed by atoms with E-state index in [1.54, 1.807) is 18.2 Å². The first kappa shape index (κ1) is 13.2. The molecule has 1 heterocycles. The fourth-order valence-electron chi connectivity index (χ4n) is 2.20. The minimum Gasteiger partial charge on any atom is -0.398 e. The van der Waals surface area contributed by atoms with Gasteiger partial charge in [-0.3, -0.25) is 4.79 Å². The van der Waals surface area contributed by atoms with E-state index in [0.717, 1.165) is 25.9 Å². The first-order chi connectivity index (χ1) is 8.41. The standard InChI is InChI=1S/C14H19ClN2O/c1-14(2)6-8-17(9-7-14)13(18)10-4-3-5-11(16)12(10)15/h3-5H,6-9,16H2,1-2H3. The fourth-order valence-corrected chi connectivity index (χ4v) is 2.41. The molecule has 2 N–H and O–H groups in total. The van der Waals surface area contributed by atoms with Crippen molar-refractivity contribution in [1.82, 2.24) is 4.90 Å². The number of nitrogens with two attached hydrogens (primary N) is 1. The van der Waals surface area contributed by atoms with Crippen molar-refractivity contribution in [1.29, 1.82) is 0 Å². The Morgan fingerprint density at radius 2 is 1.94 bits per heavy atom. The second kappa shape index (κ2) is 4.81. The molecule has 0 spiro atoms. The number of carbonyl (C=O) groups excluding carboxylic acids is 1. The highest BCUT2D eigenvalue weighted by atomic mass is 35.5. The third-order valence-electron chi connectivity index (χ3n) is 3.66. The molecule has 0 aliphatic carbocycles. The summed E-state index contributed by atoms with van der Waals surface area (Å²) in [5, 5.41) is 0.368. The molecule has 0 saturated carbocycles. The van der Waals surface area contributed by atoms with Gasteiger partial charge in [0.1, 0.15) is 0 Å². The largest absolute Gasteiger partial charge is 0.398 e. The molecule has 98 valence electrons. The Kier molecular flexibility index (Phi) is 3.53. The zero-order chi connectivity index (χ0) is 13.3. The van der Waals surface area contributed by atoms with E-state index in [9.17, 15) is 4.79 Å². The number of carbonyl (C=O) groups is 1. The predicted molar refractivity (Wildman–Crippen MR) is 74.8 cm³/mol. The van der Waals surface area contributed by atoms with Crippen LogP contribution in [-0.2, 0) is 0 Å². The zero-order valence-corrected chi connectivity index (χ0v) is 11.6. The van der Waals surface area contributed by atoms with Crippen LogP contribution in [0.15, 0.2) is 18.2 Å². The molecule has 1 aromatic carbocycles. The smallest absolute Gasteiger partial charge is 0.255 e. The highest BCUT2D eigenvalue weighted by molar-refractivity contribution is 6.36. The van der Waals surface area contributed by atoms with Gasteiger partial charge in [0.25, 0.3) is 5.91 Å². The van der Waals surface area contributed by atoms with Crippen LogP contribution in [0.25, 0.3) is 0 Å². The van der Waals surface area contributed by atoms with Gasteiger partial charge in [0, 0.05) is 13.1 Å². The van der Waals surface area contributed by atoms with Crippen LogP contribution >= 0.6 is 11.6 Å². The lowest BCUT2D eigenvalue weighted by molar-refractivity contribution is 0.0630. The molecule has 1 aromatic rings. The summed E-state index contributed by atoms with van der Waals surface area (Å²) < 4.78 is 0. The first-order valence-electron chi connectivity index (χ1n) is 6.24. The zero-order valence-electron chi connectivity index (χ0n) is 10.9. The summed E-state index contributed by atoms with van der Waals surface area (Å²) in [7, 11) is 0. The van der Waals surface area contributed by atoms with E-state index in [1.807, 2.05) is 4.90 Å². The number of halogens is 1. The van der Waals surface area contributed by atoms with Gasteiger partial charge in [-0.1, -0.05) is 31.5 Å². The number of benzene rings is 1. The van der Waals surface area contributed by atoms with Crippen LogP contribution in [0.5, 0.6) is 0 Å². The summed E-state index contributed by atoms with van der Waals surface area (Å²) >= 11 is 6.09. The van der Waals surface area contributed by atoms with Crippen LogP contribution in [-0.4, -0.2) is 23.9 Å². The predicted octanol–water partition coefficient (Wildman–Crippen LogP) is 3.18. The molecule has 1 aliphatic heterocycles. The minimum atomic E-state index is -0.0113. The number of rotatable bonds is 1. The lowest BCUT2D eigenvalue weighted by Gasteiger charge is -2.37. The van der Waals surface area contributed by atoms with Crippen LogP contribution < -0.4 is 5.73 Å². The number of nitrogens with zero attached hydrogens (tertiary/aromatic N) is 1. The van der Waals surface area contributed by atoms with Crippen LogP contribution in [0.1, 0.15) is 37.0 Å². The monoisotopic (exact) mass is 266 g/mol. The van der Waals surface area contributed by atoms with E-state index in [4.69, 9.17) is 17.3 Å². The summed E-state index contributed by atoms with van der Waals surface area (Å²) in [6, 6.07) is 5.21. The van der Waals surface area contributed by atoms with Crippen LogP contribution in [0.4, 0.5) is 5.69 Å². The summed E-state index contributed by atoms with van der Waals surface area (Å²) in [4.78, 5) is 14.2. The van der Waals surface area contributed by atoms with Crippen LogP contribution in [0.3, 0.4) is 0 Å². The van der Waals surface area contributed by atoms with E-state index in [0.29, 0.717) is 21.7 Å². The molecule has 1 amide bonds. The van der Waals surface area contributed by atoms with E-state index in [2.05, 4.69) is 13.8 Å². The van der Waals surface area contributed by atoms with Gasteiger partial charge in [-0.25, -0.2) is 0 Å². The Hall–Kier alpha value is -1.22. The molecule has 0 aromatic heterocycles. The van der Waals surface area contributed by atoms with Crippen molar-refractivity contribution < 1.29 is 4.79 Å². The van der Waals surface area contributed by atoms with Gasteiger partial charge in [0.2, 0.25) is 0 Å². The normalized spacial score (nSPS) is 18.7. The maximum Gasteiger partial charge on any atom is 0.255 e. The highest BCUT2D eigenvalue weighted by Crippen LogP contribution is 2.31. The third-order valence-corrected chi connectivity index (χ3v) is 4.09. The Morgan fingerprint density at radius 3 is 2.56 bits per heavy atom. The maximum absolute atomic E-state index is 12.4. The van der Waals surface area contributed by atoms with Crippen molar-refractivity contribution in [3.8, 4) is 0 Å². The van der Waals surface area contributed by atoms with E-state index >= 15 is 0 Å². The molecular weight excluding hydrogens is 248 g/mol. The maximum atomic E-state index is 12.4. The Bertz CT molecular complexity index is 461. The summed E-state index contributed by atoms with van der Waals surface area (Å²) in [5.74, 6) is -0.0113. The molecule has 0 radical (unpaired) electrons. The molecule has 0 unspecified atom stereocenters. The summed E-state index contributed by atoms with van der Waals surface area (Å²) in [5.41, 5.74) is 7.03.